The summed E-state index contributed by atoms with van der Waals surface area (Å²) in [6, 6.07) is 8.31. The van der Waals surface area contributed by atoms with Crippen molar-refractivity contribution in [3.63, 3.8) is 0 Å². The van der Waals surface area contributed by atoms with Gasteiger partial charge in [-0.05, 0) is 18.4 Å². The first-order valence-electron chi connectivity index (χ1n) is 6.35. The Morgan fingerprint density at radius 2 is 2.11 bits per heavy atom. The standard InChI is InChI=1S/C15H19NOS/c1-3-12(9-17)8-15-16-14(10-18-15)13-7-5-4-6-11(13)2/h4-7,10,12,17H,3,8-9H2,1-2H3. The van der Waals surface area contributed by atoms with Gasteiger partial charge < -0.3 is 5.11 Å². The lowest BCUT2D eigenvalue weighted by Crippen LogP contribution is -2.07. The molecular formula is C15H19NOS. The first-order chi connectivity index (χ1) is 8.74. The Labute approximate surface area is 112 Å². The Morgan fingerprint density at radius 1 is 1.33 bits per heavy atom. The summed E-state index contributed by atoms with van der Waals surface area (Å²) >= 11 is 1.69. The number of rotatable bonds is 5. The number of hydrogen-bond acceptors (Lipinski definition) is 3. The molecule has 3 heteroatoms. The summed E-state index contributed by atoms with van der Waals surface area (Å²) in [7, 11) is 0. The molecule has 0 saturated carbocycles. The van der Waals surface area contributed by atoms with Crippen LogP contribution in [-0.4, -0.2) is 16.7 Å². The summed E-state index contributed by atoms with van der Waals surface area (Å²) in [5.41, 5.74) is 3.52. The maximum Gasteiger partial charge on any atom is 0.0936 e. The molecule has 2 nitrogen and oxygen atoms in total. The number of thiazole rings is 1. The van der Waals surface area contributed by atoms with Crippen LogP contribution in [0.5, 0.6) is 0 Å². The van der Waals surface area contributed by atoms with E-state index in [1.54, 1.807) is 11.3 Å². The molecular weight excluding hydrogens is 242 g/mol. The van der Waals surface area contributed by atoms with Gasteiger partial charge in [0.1, 0.15) is 0 Å². The molecule has 18 heavy (non-hydrogen) atoms. The summed E-state index contributed by atoms with van der Waals surface area (Å²) in [6.45, 7) is 4.46. The maximum absolute atomic E-state index is 9.23. The van der Waals surface area contributed by atoms with Crippen LogP contribution >= 0.6 is 11.3 Å². The average molecular weight is 261 g/mol. The van der Waals surface area contributed by atoms with Crippen LogP contribution in [0.4, 0.5) is 0 Å². The van der Waals surface area contributed by atoms with Gasteiger partial charge in [0.05, 0.1) is 10.7 Å². The number of aliphatic hydroxyl groups is 1. The second kappa shape index (κ2) is 6.12. The Kier molecular flexibility index (Phi) is 4.50. The van der Waals surface area contributed by atoms with E-state index in [-0.39, 0.29) is 6.61 Å². The predicted molar refractivity (Wildman–Crippen MR) is 76.9 cm³/mol. The Morgan fingerprint density at radius 3 is 2.78 bits per heavy atom. The number of aliphatic hydroxyl groups excluding tert-OH is 1. The molecule has 1 aromatic heterocycles. The van der Waals surface area contributed by atoms with Crippen molar-refractivity contribution < 1.29 is 5.11 Å². The van der Waals surface area contributed by atoms with Gasteiger partial charge in [0.15, 0.2) is 0 Å². The Hall–Kier alpha value is -1.19. The first-order valence-corrected chi connectivity index (χ1v) is 7.23. The van der Waals surface area contributed by atoms with E-state index >= 15 is 0 Å². The van der Waals surface area contributed by atoms with E-state index in [2.05, 4.69) is 36.3 Å². The van der Waals surface area contributed by atoms with Crippen LogP contribution in [0.3, 0.4) is 0 Å². The van der Waals surface area contributed by atoms with Crippen LogP contribution in [-0.2, 0) is 6.42 Å². The molecule has 0 aliphatic carbocycles. The van der Waals surface area contributed by atoms with Crippen LogP contribution in [0.2, 0.25) is 0 Å². The van der Waals surface area contributed by atoms with Gasteiger partial charge in [0.25, 0.3) is 0 Å². The van der Waals surface area contributed by atoms with Gasteiger partial charge in [-0.2, -0.15) is 0 Å². The third-order valence-electron chi connectivity index (χ3n) is 3.27. The van der Waals surface area contributed by atoms with E-state index in [1.165, 1.54) is 11.1 Å². The smallest absolute Gasteiger partial charge is 0.0936 e. The molecule has 1 atom stereocenters. The molecule has 1 unspecified atom stereocenters. The van der Waals surface area contributed by atoms with Crippen molar-refractivity contribution in [2.75, 3.05) is 6.61 Å². The molecule has 2 rings (SSSR count). The minimum absolute atomic E-state index is 0.246. The molecule has 0 spiro atoms. The van der Waals surface area contributed by atoms with Crippen LogP contribution in [0.25, 0.3) is 11.3 Å². The van der Waals surface area contributed by atoms with E-state index in [9.17, 15) is 5.11 Å². The molecule has 96 valence electrons. The average Bonchev–Trinajstić information content (AvgIpc) is 2.85. The van der Waals surface area contributed by atoms with Crippen molar-refractivity contribution in [1.29, 1.82) is 0 Å². The molecule has 0 fully saturated rings. The summed E-state index contributed by atoms with van der Waals surface area (Å²) in [5.74, 6) is 0.334. The molecule has 1 N–H and O–H groups in total. The fourth-order valence-electron chi connectivity index (χ4n) is 1.97. The summed E-state index contributed by atoms with van der Waals surface area (Å²) in [6.07, 6.45) is 1.87. The highest BCUT2D eigenvalue weighted by atomic mass is 32.1. The fraction of sp³-hybridized carbons (Fsp3) is 0.400. The van der Waals surface area contributed by atoms with Crippen molar-refractivity contribution in [2.24, 2.45) is 5.92 Å². The number of aryl methyl sites for hydroxylation is 1. The Bertz CT molecular complexity index is 503. The molecule has 2 aromatic rings. The van der Waals surface area contributed by atoms with E-state index < -0.39 is 0 Å². The van der Waals surface area contributed by atoms with E-state index in [0.717, 1.165) is 23.5 Å². The highest BCUT2D eigenvalue weighted by molar-refractivity contribution is 7.09. The van der Waals surface area contributed by atoms with Gasteiger partial charge in [-0.1, -0.05) is 37.6 Å². The molecule has 1 aromatic carbocycles. The highest BCUT2D eigenvalue weighted by Gasteiger charge is 2.11. The van der Waals surface area contributed by atoms with Gasteiger partial charge in [0.2, 0.25) is 0 Å². The second-order valence-corrected chi connectivity index (χ2v) is 5.55. The van der Waals surface area contributed by atoms with E-state index in [0.29, 0.717) is 5.92 Å². The van der Waals surface area contributed by atoms with Crippen molar-refractivity contribution in [3.05, 3.63) is 40.2 Å². The van der Waals surface area contributed by atoms with Gasteiger partial charge in [-0.3, -0.25) is 0 Å². The lowest BCUT2D eigenvalue weighted by molar-refractivity contribution is 0.222. The first kappa shape index (κ1) is 13.2. The van der Waals surface area contributed by atoms with E-state index in [4.69, 9.17) is 0 Å². The van der Waals surface area contributed by atoms with Crippen molar-refractivity contribution in [3.8, 4) is 11.3 Å². The number of benzene rings is 1. The van der Waals surface area contributed by atoms with Crippen LogP contribution in [0, 0.1) is 12.8 Å². The number of aromatic nitrogens is 1. The molecule has 1 heterocycles. The third kappa shape index (κ3) is 2.98. The normalized spacial score (nSPS) is 12.6. The lowest BCUT2D eigenvalue weighted by atomic mass is 10.0. The zero-order valence-electron chi connectivity index (χ0n) is 10.9. The van der Waals surface area contributed by atoms with Gasteiger partial charge in [-0.15, -0.1) is 11.3 Å². The molecule has 0 amide bonds. The largest absolute Gasteiger partial charge is 0.396 e. The summed E-state index contributed by atoms with van der Waals surface area (Å²) in [5, 5.41) is 12.5. The third-order valence-corrected chi connectivity index (χ3v) is 4.14. The number of hydrogen-bond donors (Lipinski definition) is 1. The van der Waals surface area contributed by atoms with Crippen LogP contribution < -0.4 is 0 Å². The lowest BCUT2D eigenvalue weighted by Gasteiger charge is -2.08. The monoisotopic (exact) mass is 261 g/mol. The van der Waals surface area contributed by atoms with Gasteiger partial charge >= 0.3 is 0 Å². The SMILES string of the molecule is CCC(CO)Cc1nc(-c2ccccc2C)cs1. The van der Waals surface area contributed by atoms with Crippen molar-refractivity contribution >= 4 is 11.3 Å². The van der Waals surface area contributed by atoms with Crippen molar-refractivity contribution in [1.82, 2.24) is 4.98 Å². The summed E-state index contributed by atoms with van der Waals surface area (Å²) < 4.78 is 0. The van der Waals surface area contributed by atoms with E-state index in [1.807, 2.05) is 12.1 Å². The molecule has 0 aliphatic heterocycles. The molecule has 0 bridgehead atoms. The minimum atomic E-state index is 0.246. The molecule has 0 saturated heterocycles. The minimum Gasteiger partial charge on any atom is -0.396 e. The maximum atomic E-state index is 9.23. The number of nitrogens with zero attached hydrogens (tertiary/aromatic N) is 1. The van der Waals surface area contributed by atoms with Gasteiger partial charge in [0, 0.05) is 24.0 Å². The highest BCUT2D eigenvalue weighted by Crippen LogP contribution is 2.26. The molecule has 0 aliphatic rings. The fourth-order valence-corrected chi connectivity index (χ4v) is 2.88. The second-order valence-electron chi connectivity index (χ2n) is 4.60. The predicted octanol–water partition coefficient (Wildman–Crippen LogP) is 3.68. The zero-order valence-corrected chi connectivity index (χ0v) is 11.7. The Balaban J connectivity index is 2.18. The van der Waals surface area contributed by atoms with Gasteiger partial charge in [-0.25, -0.2) is 4.98 Å². The summed E-state index contributed by atoms with van der Waals surface area (Å²) in [4.78, 5) is 4.68. The molecule has 0 radical (unpaired) electrons. The topological polar surface area (TPSA) is 33.1 Å². The van der Waals surface area contributed by atoms with Crippen LogP contribution in [0.15, 0.2) is 29.6 Å². The quantitative estimate of drug-likeness (QED) is 0.890. The van der Waals surface area contributed by atoms with Crippen LogP contribution in [0.1, 0.15) is 23.9 Å². The van der Waals surface area contributed by atoms with Crippen molar-refractivity contribution in [2.45, 2.75) is 26.7 Å². The zero-order chi connectivity index (χ0) is 13.0.